The Kier molecular flexibility index (Phi) is 5.68. The summed E-state index contributed by atoms with van der Waals surface area (Å²) in [6.45, 7) is 5.20. The molecule has 0 unspecified atom stereocenters. The summed E-state index contributed by atoms with van der Waals surface area (Å²) >= 11 is 5.97. The van der Waals surface area contributed by atoms with Gasteiger partial charge >= 0.3 is 0 Å². The maximum Gasteiger partial charge on any atom is 0.141 e. The number of nitrogens with zero attached hydrogens (tertiary/aromatic N) is 2. The van der Waals surface area contributed by atoms with Crippen molar-refractivity contribution in [3.8, 4) is 0 Å². The minimum Gasteiger partial charge on any atom is -0.379 e. The van der Waals surface area contributed by atoms with Crippen LogP contribution in [0.4, 0.5) is 15.8 Å². The molecule has 2 N–H and O–H groups in total. The Bertz CT molecular complexity index is 1110. The van der Waals surface area contributed by atoms with E-state index in [-0.39, 0.29) is 5.02 Å². The smallest absolute Gasteiger partial charge is 0.141 e. The predicted molar refractivity (Wildman–Crippen MR) is 123 cm³/mol. The molecule has 7 heteroatoms. The van der Waals surface area contributed by atoms with Crippen molar-refractivity contribution in [3.63, 3.8) is 0 Å². The Labute approximate surface area is 186 Å². The van der Waals surface area contributed by atoms with Crippen LogP contribution in [-0.2, 0) is 17.8 Å². The van der Waals surface area contributed by atoms with Gasteiger partial charge in [-0.1, -0.05) is 23.7 Å². The summed E-state index contributed by atoms with van der Waals surface area (Å²) in [6, 6.07) is 15.4. The second-order valence-electron chi connectivity index (χ2n) is 7.85. The molecule has 0 atom stereocenters. The number of aromatic nitrogens is 1. The van der Waals surface area contributed by atoms with Crippen molar-refractivity contribution >= 4 is 28.7 Å². The van der Waals surface area contributed by atoms with Crippen molar-refractivity contribution in [2.75, 3.05) is 36.5 Å². The lowest BCUT2D eigenvalue weighted by Crippen LogP contribution is -2.35. The van der Waals surface area contributed by atoms with Crippen molar-refractivity contribution in [1.29, 1.82) is 0 Å². The molecule has 1 fully saturated rings. The Morgan fingerprint density at radius 1 is 1.10 bits per heavy atom. The number of benzene rings is 2. The number of nitrogens with one attached hydrogen (secondary N) is 2. The maximum absolute atomic E-state index is 13.6. The summed E-state index contributed by atoms with van der Waals surface area (Å²) in [5, 5.41) is 3.50. The predicted octanol–water partition coefficient (Wildman–Crippen LogP) is 5.07. The van der Waals surface area contributed by atoms with Crippen LogP contribution in [-0.4, -0.2) is 36.2 Å². The highest BCUT2D eigenvalue weighted by Crippen LogP contribution is 2.32. The highest BCUT2D eigenvalue weighted by Gasteiger charge is 2.20. The van der Waals surface area contributed by atoms with Gasteiger partial charge < -0.3 is 19.9 Å². The number of fused-ring (bicyclic) bond motifs is 1. The number of rotatable bonds is 5. The molecule has 0 bridgehead atoms. The van der Waals surface area contributed by atoms with Crippen LogP contribution < -0.4 is 10.2 Å². The molecule has 2 aromatic carbocycles. The SMILES string of the molecule is Fc1ccc(NC2=CN(c3cccc(CN4CCOCC4)c3)Cc3[nH]ccc32)cc1Cl. The van der Waals surface area contributed by atoms with Crippen molar-refractivity contribution in [3.05, 3.63) is 88.6 Å². The number of ether oxygens (including phenoxy) is 1. The third-order valence-corrected chi connectivity index (χ3v) is 5.98. The molecule has 1 saturated heterocycles. The maximum atomic E-state index is 13.6. The number of hydrogen-bond donors (Lipinski definition) is 2. The third kappa shape index (κ3) is 4.46. The van der Waals surface area contributed by atoms with Gasteiger partial charge in [0, 0.05) is 54.7 Å². The van der Waals surface area contributed by atoms with E-state index in [1.54, 1.807) is 12.1 Å². The number of morpholine rings is 1. The minimum absolute atomic E-state index is 0.100. The fraction of sp³-hybridized carbons (Fsp3) is 0.250. The van der Waals surface area contributed by atoms with E-state index in [1.807, 2.05) is 12.3 Å². The summed E-state index contributed by atoms with van der Waals surface area (Å²) < 4.78 is 19.0. The first-order valence-corrected chi connectivity index (χ1v) is 10.8. The number of hydrogen-bond acceptors (Lipinski definition) is 4. The van der Waals surface area contributed by atoms with Gasteiger partial charge in [0.2, 0.25) is 0 Å². The van der Waals surface area contributed by atoms with E-state index in [0.29, 0.717) is 0 Å². The monoisotopic (exact) mass is 438 g/mol. The molecule has 1 aromatic heterocycles. The van der Waals surface area contributed by atoms with Crippen LogP contribution in [0.5, 0.6) is 0 Å². The zero-order chi connectivity index (χ0) is 21.2. The van der Waals surface area contributed by atoms with Crippen molar-refractivity contribution in [2.45, 2.75) is 13.1 Å². The summed E-state index contributed by atoms with van der Waals surface area (Å²) in [7, 11) is 0. The molecule has 5 rings (SSSR count). The van der Waals surface area contributed by atoms with E-state index in [0.717, 1.165) is 67.7 Å². The molecule has 2 aliphatic heterocycles. The molecule has 2 aliphatic rings. The summed E-state index contributed by atoms with van der Waals surface area (Å²) in [5.41, 5.74) is 6.31. The van der Waals surface area contributed by atoms with E-state index >= 15 is 0 Å². The van der Waals surface area contributed by atoms with Crippen LogP contribution >= 0.6 is 11.6 Å². The second kappa shape index (κ2) is 8.75. The highest BCUT2D eigenvalue weighted by molar-refractivity contribution is 6.31. The highest BCUT2D eigenvalue weighted by atomic mass is 35.5. The van der Waals surface area contributed by atoms with E-state index in [1.165, 1.54) is 11.6 Å². The average Bonchev–Trinajstić information content (AvgIpc) is 3.26. The van der Waals surface area contributed by atoms with Crippen molar-refractivity contribution < 1.29 is 9.13 Å². The molecule has 0 aliphatic carbocycles. The molecule has 160 valence electrons. The lowest BCUT2D eigenvalue weighted by Gasteiger charge is -2.29. The number of anilines is 2. The normalized spacial score (nSPS) is 16.7. The van der Waals surface area contributed by atoms with E-state index in [2.05, 4.69) is 50.6 Å². The van der Waals surface area contributed by atoms with Gasteiger partial charge in [0.05, 0.1) is 30.5 Å². The number of aromatic amines is 1. The molecule has 0 spiro atoms. The van der Waals surface area contributed by atoms with Crippen molar-refractivity contribution in [2.24, 2.45) is 0 Å². The minimum atomic E-state index is -0.425. The summed E-state index contributed by atoms with van der Waals surface area (Å²) in [4.78, 5) is 7.98. The molecule has 0 saturated carbocycles. The first kappa shape index (κ1) is 20.1. The Morgan fingerprint density at radius 3 is 2.81 bits per heavy atom. The lowest BCUT2D eigenvalue weighted by molar-refractivity contribution is 0.0342. The Morgan fingerprint density at radius 2 is 1.97 bits per heavy atom. The molecule has 3 aromatic rings. The fourth-order valence-corrected chi connectivity index (χ4v) is 4.25. The molecule has 0 radical (unpaired) electrons. The fourth-order valence-electron chi connectivity index (χ4n) is 4.07. The summed E-state index contributed by atoms with van der Waals surface area (Å²) in [5.74, 6) is -0.425. The van der Waals surface area contributed by atoms with E-state index < -0.39 is 5.82 Å². The van der Waals surface area contributed by atoms with E-state index in [4.69, 9.17) is 16.3 Å². The Hall–Kier alpha value is -2.80. The van der Waals surface area contributed by atoms with Gasteiger partial charge in [-0.25, -0.2) is 4.39 Å². The second-order valence-corrected chi connectivity index (χ2v) is 8.26. The number of halogens is 2. The van der Waals surface area contributed by atoms with Gasteiger partial charge in [-0.15, -0.1) is 0 Å². The van der Waals surface area contributed by atoms with Gasteiger partial charge in [0.1, 0.15) is 5.82 Å². The van der Waals surface area contributed by atoms with Crippen LogP contribution in [0.25, 0.3) is 5.70 Å². The zero-order valence-corrected chi connectivity index (χ0v) is 17.8. The first-order chi connectivity index (χ1) is 15.2. The molecular weight excluding hydrogens is 415 g/mol. The molecule has 31 heavy (non-hydrogen) atoms. The molecule has 0 amide bonds. The Balaban J connectivity index is 1.40. The van der Waals surface area contributed by atoms with Crippen molar-refractivity contribution in [1.82, 2.24) is 9.88 Å². The number of H-pyrrole nitrogens is 1. The first-order valence-electron chi connectivity index (χ1n) is 10.4. The molecular formula is C24H24ClFN4O. The summed E-state index contributed by atoms with van der Waals surface area (Å²) in [6.07, 6.45) is 4.04. The van der Waals surface area contributed by atoms with E-state index in [9.17, 15) is 4.39 Å². The standard InChI is InChI=1S/C24H24ClFN4O/c25-21-13-18(4-5-22(21)26)28-24-16-30(15-23-20(24)6-7-27-23)19-3-1-2-17(12-19)14-29-8-10-31-11-9-29/h1-7,12-13,16,27-28H,8-11,14-15H2. The van der Waals surface area contributed by atoms with Crippen LogP contribution in [0.2, 0.25) is 5.02 Å². The largest absolute Gasteiger partial charge is 0.379 e. The van der Waals surface area contributed by atoms with Crippen LogP contribution in [0.3, 0.4) is 0 Å². The topological polar surface area (TPSA) is 43.5 Å². The van der Waals surface area contributed by atoms with Crippen LogP contribution in [0.1, 0.15) is 16.8 Å². The quantitative estimate of drug-likeness (QED) is 0.583. The van der Waals surface area contributed by atoms with Gasteiger partial charge in [-0.2, -0.15) is 0 Å². The molecule has 5 nitrogen and oxygen atoms in total. The van der Waals surface area contributed by atoms with Crippen LogP contribution in [0.15, 0.2) is 60.9 Å². The molecule has 3 heterocycles. The van der Waals surface area contributed by atoms with Gasteiger partial charge in [-0.3, -0.25) is 4.90 Å². The zero-order valence-electron chi connectivity index (χ0n) is 17.1. The average molecular weight is 439 g/mol. The van der Waals surface area contributed by atoms with Crippen LogP contribution in [0, 0.1) is 5.82 Å². The third-order valence-electron chi connectivity index (χ3n) is 5.69. The lowest BCUT2D eigenvalue weighted by atomic mass is 10.1. The van der Waals surface area contributed by atoms with Gasteiger partial charge in [0.15, 0.2) is 0 Å². The van der Waals surface area contributed by atoms with Gasteiger partial charge in [0.25, 0.3) is 0 Å². The van der Waals surface area contributed by atoms with Gasteiger partial charge in [-0.05, 0) is 42.0 Å².